The summed E-state index contributed by atoms with van der Waals surface area (Å²) in [5, 5.41) is 3.84. The smallest absolute Gasteiger partial charge is 0.248 e. The minimum Gasteiger partial charge on any atom is -0.366 e. The van der Waals surface area contributed by atoms with Crippen molar-refractivity contribution >= 4 is 45.8 Å². The summed E-state index contributed by atoms with van der Waals surface area (Å²) in [4.78, 5) is 38.8. The van der Waals surface area contributed by atoms with Gasteiger partial charge in [-0.05, 0) is 30.3 Å². The van der Waals surface area contributed by atoms with E-state index >= 15 is 0 Å². The molecule has 4 N–H and O–H groups in total. The number of nitrogens with two attached hydrogens (primary N) is 1. The Morgan fingerprint density at radius 3 is 2.48 bits per heavy atom. The van der Waals surface area contributed by atoms with E-state index in [1.165, 1.54) is 19.1 Å². The summed E-state index contributed by atoms with van der Waals surface area (Å²) >= 11 is 5.99. The number of anilines is 1. The number of amides is 2. The van der Waals surface area contributed by atoms with Gasteiger partial charge in [-0.3, -0.25) is 14.4 Å². The number of fused-ring (bicyclic) bond motifs is 1. The topological polar surface area (TPSA) is 105 Å². The lowest BCUT2D eigenvalue weighted by molar-refractivity contribution is -0.114. The largest absolute Gasteiger partial charge is 0.366 e. The summed E-state index contributed by atoms with van der Waals surface area (Å²) in [5.41, 5.74) is 6.96. The van der Waals surface area contributed by atoms with Crippen LogP contribution in [-0.4, -0.2) is 22.6 Å². The summed E-state index contributed by atoms with van der Waals surface area (Å²) in [5.74, 6) is -1.31. The standard InChI is InChI=1S/C18H14ClN3O3/c1-9(23)21-15-13-6-5-12(19)8-14(13)22-16(15)17(24)10-3-2-4-11(7-10)18(20)25/h2-8,22H,1H3,(H2,20,25)(H,21,23). The van der Waals surface area contributed by atoms with E-state index in [0.717, 1.165) is 0 Å². The summed E-state index contributed by atoms with van der Waals surface area (Å²) in [6.07, 6.45) is 0. The predicted molar refractivity (Wildman–Crippen MR) is 96.0 cm³/mol. The SMILES string of the molecule is CC(=O)Nc1c(C(=O)c2cccc(C(N)=O)c2)[nH]c2cc(Cl)ccc12. The number of rotatable bonds is 4. The molecule has 3 rings (SSSR count). The highest BCUT2D eigenvalue weighted by molar-refractivity contribution is 6.31. The van der Waals surface area contributed by atoms with Crippen LogP contribution in [0.4, 0.5) is 5.69 Å². The van der Waals surface area contributed by atoms with E-state index in [4.69, 9.17) is 17.3 Å². The van der Waals surface area contributed by atoms with Crippen molar-refractivity contribution in [3.05, 3.63) is 64.3 Å². The van der Waals surface area contributed by atoms with Gasteiger partial charge in [-0.25, -0.2) is 0 Å². The molecular weight excluding hydrogens is 342 g/mol. The molecule has 0 aliphatic carbocycles. The van der Waals surface area contributed by atoms with E-state index < -0.39 is 5.91 Å². The number of hydrogen-bond acceptors (Lipinski definition) is 3. The van der Waals surface area contributed by atoms with Crippen LogP contribution >= 0.6 is 11.6 Å². The summed E-state index contributed by atoms with van der Waals surface area (Å²) in [6.45, 7) is 1.36. The van der Waals surface area contributed by atoms with Gasteiger partial charge in [0, 0.05) is 34.0 Å². The number of benzene rings is 2. The second-order valence-electron chi connectivity index (χ2n) is 5.52. The molecule has 0 saturated heterocycles. The van der Waals surface area contributed by atoms with Crippen LogP contribution in [0.25, 0.3) is 10.9 Å². The van der Waals surface area contributed by atoms with E-state index in [2.05, 4.69) is 10.3 Å². The van der Waals surface area contributed by atoms with Crippen molar-refractivity contribution in [3.8, 4) is 0 Å². The second-order valence-corrected chi connectivity index (χ2v) is 5.96. The maximum atomic E-state index is 12.9. The van der Waals surface area contributed by atoms with Gasteiger partial charge < -0.3 is 16.0 Å². The highest BCUT2D eigenvalue weighted by Gasteiger charge is 2.21. The molecule has 0 atom stereocenters. The van der Waals surface area contributed by atoms with Crippen molar-refractivity contribution in [3.63, 3.8) is 0 Å². The van der Waals surface area contributed by atoms with Gasteiger partial charge in [-0.1, -0.05) is 23.7 Å². The Morgan fingerprint density at radius 1 is 1.08 bits per heavy atom. The van der Waals surface area contributed by atoms with Gasteiger partial charge in [0.15, 0.2) is 0 Å². The fourth-order valence-electron chi connectivity index (χ4n) is 2.60. The van der Waals surface area contributed by atoms with Crippen molar-refractivity contribution in [1.29, 1.82) is 0 Å². The van der Waals surface area contributed by atoms with Crippen LogP contribution in [0.2, 0.25) is 5.02 Å². The lowest BCUT2D eigenvalue weighted by Crippen LogP contribution is -2.13. The molecule has 0 radical (unpaired) electrons. The Hall–Kier alpha value is -3.12. The minimum atomic E-state index is -0.625. The Labute approximate surface area is 148 Å². The fourth-order valence-corrected chi connectivity index (χ4v) is 2.78. The first kappa shape index (κ1) is 16.7. The maximum Gasteiger partial charge on any atom is 0.248 e. The lowest BCUT2D eigenvalue weighted by Gasteiger charge is -2.06. The van der Waals surface area contributed by atoms with Crippen LogP contribution in [-0.2, 0) is 4.79 Å². The number of aromatic amines is 1. The molecule has 2 aromatic carbocycles. The molecule has 126 valence electrons. The molecule has 7 heteroatoms. The molecular formula is C18H14ClN3O3. The van der Waals surface area contributed by atoms with Gasteiger partial charge in [0.25, 0.3) is 0 Å². The van der Waals surface area contributed by atoms with E-state index in [-0.39, 0.29) is 28.5 Å². The van der Waals surface area contributed by atoms with Crippen LogP contribution < -0.4 is 11.1 Å². The third-order valence-corrected chi connectivity index (χ3v) is 3.93. The van der Waals surface area contributed by atoms with E-state index in [0.29, 0.717) is 21.6 Å². The Morgan fingerprint density at radius 2 is 1.80 bits per heavy atom. The minimum absolute atomic E-state index is 0.203. The van der Waals surface area contributed by atoms with Crippen molar-refractivity contribution in [2.45, 2.75) is 6.92 Å². The molecule has 1 aromatic heterocycles. The molecule has 25 heavy (non-hydrogen) atoms. The first-order valence-corrected chi connectivity index (χ1v) is 7.78. The second kappa shape index (κ2) is 6.41. The third-order valence-electron chi connectivity index (χ3n) is 3.70. The first-order valence-electron chi connectivity index (χ1n) is 7.40. The van der Waals surface area contributed by atoms with Crippen molar-refractivity contribution in [2.75, 3.05) is 5.32 Å². The summed E-state index contributed by atoms with van der Waals surface area (Å²) in [7, 11) is 0. The fraction of sp³-hybridized carbons (Fsp3) is 0.0556. The number of carbonyl (C=O) groups excluding carboxylic acids is 3. The van der Waals surface area contributed by atoms with Gasteiger partial charge in [0.2, 0.25) is 17.6 Å². The van der Waals surface area contributed by atoms with Gasteiger partial charge in [0.1, 0.15) is 5.69 Å². The molecule has 0 saturated carbocycles. The molecule has 0 spiro atoms. The van der Waals surface area contributed by atoms with Gasteiger partial charge in [0.05, 0.1) is 5.69 Å². The van der Waals surface area contributed by atoms with Gasteiger partial charge in [-0.15, -0.1) is 0 Å². The number of hydrogen-bond donors (Lipinski definition) is 3. The highest BCUT2D eigenvalue weighted by atomic mass is 35.5. The van der Waals surface area contributed by atoms with Crippen LogP contribution in [0.15, 0.2) is 42.5 Å². The number of H-pyrrole nitrogens is 1. The zero-order chi connectivity index (χ0) is 18.1. The Bertz CT molecular complexity index is 1020. The molecule has 0 bridgehead atoms. The molecule has 2 amide bonds. The highest BCUT2D eigenvalue weighted by Crippen LogP contribution is 2.31. The van der Waals surface area contributed by atoms with E-state index in [9.17, 15) is 14.4 Å². The zero-order valence-electron chi connectivity index (χ0n) is 13.2. The summed E-state index contributed by atoms with van der Waals surface area (Å²) < 4.78 is 0. The molecule has 0 unspecified atom stereocenters. The number of carbonyl (C=O) groups is 3. The number of primary amides is 1. The van der Waals surface area contributed by atoms with Crippen LogP contribution in [0.1, 0.15) is 33.3 Å². The number of ketones is 1. The lowest BCUT2D eigenvalue weighted by atomic mass is 10.0. The van der Waals surface area contributed by atoms with Crippen LogP contribution in [0, 0.1) is 0 Å². The number of aromatic nitrogens is 1. The normalized spacial score (nSPS) is 10.6. The van der Waals surface area contributed by atoms with Gasteiger partial charge in [-0.2, -0.15) is 0 Å². The third kappa shape index (κ3) is 3.25. The molecule has 3 aromatic rings. The quantitative estimate of drug-likeness (QED) is 0.626. The zero-order valence-corrected chi connectivity index (χ0v) is 14.0. The van der Waals surface area contributed by atoms with E-state index in [1.54, 1.807) is 30.3 Å². The number of nitrogens with one attached hydrogen (secondary N) is 2. The van der Waals surface area contributed by atoms with Crippen molar-refractivity contribution < 1.29 is 14.4 Å². The maximum absolute atomic E-state index is 12.9. The molecule has 0 aliphatic rings. The van der Waals surface area contributed by atoms with Gasteiger partial charge >= 0.3 is 0 Å². The molecule has 0 fully saturated rings. The van der Waals surface area contributed by atoms with Crippen LogP contribution in [0.5, 0.6) is 0 Å². The van der Waals surface area contributed by atoms with Crippen LogP contribution in [0.3, 0.4) is 0 Å². The van der Waals surface area contributed by atoms with E-state index in [1.807, 2.05) is 0 Å². The first-order chi connectivity index (χ1) is 11.9. The average molecular weight is 356 g/mol. The average Bonchev–Trinajstić information content (AvgIpc) is 2.91. The molecule has 1 heterocycles. The summed E-state index contributed by atoms with van der Waals surface area (Å²) in [6, 6.07) is 11.1. The van der Waals surface area contributed by atoms with Crippen molar-refractivity contribution in [1.82, 2.24) is 4.98 Å². The predicted octanol–water partition coefficient (Wildman–Crippen LogP) is 3.11. The monoisotopic (exact) mass is 355 g/mol. The number of halogens is 1. The van der Waals surface area contributed by atoms with Crippen molar-refractivity contribution in [2.24, 2.45) is 5.73 Å². The molecule has 6 nitrogen and oxygen atoms in total. The molecule has 0 aliphatic heterocycles. The Kier molecular flexibility index (Phi) is 4.29. The Balaban J connectivity index is 2.16.